The van der Waals surface area contributed by atoms with Crippen LogP contribution in [0, 0.1) is 0 Å². The summed E-state index contributed by atoms with van der Waals surface area (Å²) in [4.78, 5) is 38.3. The third kappa shape index (κ3) is 6.85. The molecule has 0 aliphatic carbocycles. The lowest BCUT2D eigenvalue weighted by atomic mass is 10.1. The van der Waals surface area contributed by atoms with E-state index in [0.717, 1.165) is 15.3 Å². The number of ether oxygens (including phenoxy) is 2. The molecule has 1 amide bonds. The van der Waals surface area contributed by atoms with Crippen molar-refractivity contribution >= 4 is 57.5 Å². The summed E-state index contributed by atoms with van der Waals surface area (Å²) in [5.41, 5.74) is 1.17. The van der Waals surface area contributed by atoms with E-state index in [2.05, 4.69) is 5.32 Å². The highest BCUT2D eigenvalue weighted by Gasteiger charge is 2.20. The molecule has 0 aliphatic heterocycles. The monoisotopic (exact) mass is 489 g/mol. The van der Waals surface area contributed by atoms with Crippen LogP contribution in [0.3, 0.4) is 0 Å². The maximum atomic E-state index is 12.4. The summed E-state index contributed by atoms with van der Waals surface area (Å²) < 4.78 is 10.2. The van der Waals surface area contributed by atoms with Crippen LogP contribution in [0.5, 0.6) is 0 Å². The first-order valence-electron chi connectivity index (χ1n) is 9.66. The van der Waals surface area contributed by atoms with Crippen molar-refractivity contribution in [3.8, 4) is 10.4 Å². The molecule has 3 rings (SSSR count). The van der Waals surface area contributed by atoms with Gasteiger partial charge in [-0.3, -0.25) is 9.59 Å². The summed E-state index contributed by atoms with van der Waals surface area (Å²) in [7, 11) is 0. The zero-order chi connectivity index (χ0) is 22.9. The molecule has 1 aromatic heterocycles. The molecule has 9 heteroatoms. The summed E-state index contributed by atoms with van der Waals surface area (Å²) in [5.74, 6) is -1.54. The summed E-state index contributed by atoms with van der Waals surface area (Å²) in [6.07, 6.45) is 0. The SMILES string of the molecule is CCOC(=O)c1cc(-c2ccccc2)sc1NC(=O)COC(=O)CSc1ccc(Cl)cc1. The van der Waals surface area contributed by atoms with Crippen molar-refractivity contribution < 1.29 is 23.9 Å². The van der Waals surface area contributed by atoms with E-state index in [1.807, 2.05) is 30.3 Å². The molecule has 0 fully saturated rings. The Morgan fingerprint density at radius 3 is 2.44 bits per heavy atom. The van der Waals surface area contributed by atoms with E-state index < -0.39 is 24.5 Å². The highest BCUT2D eigenvalue weighted by Crippen LogP contribution is 2.36. The van der Waals surface area contributed by atoms with Gasteiger partial charge in [-0.25, -0.2) is 4.79 Å². The quantitative estimate of drug-likeness (QED) is 0.315. The van der Waals surface area contributed by atoms with Crippen molar-refractivity contribution in [2.75, 3.05) is 24.3 Å². The predicted octanol–water partition coefficient (Wildman–Crippen LogP) is 5.52. The summed E-state index contributed by atoms with van der Waals surface area (Å²) in [6.45, 7) is 1.47. The highest BCUT2D eigenvalue weighted by molar-refractivity contribution is 8.00. The topological polar surface area (TPSA) is 81.7 Å². The van der Waals surface area contributed by atoms with Crippen LogP contribution in [-0.2, 0) is 19.1 Å². The third-order valence-corrected chi connectivity index (χ3v) is 6.41. The summed E-state index contributed by atoms with van der Waals surface area (Å²) >= 11 is 8.37. The Kier molecular flexibility index (Phi) is 8.72. The lowest BCUT2D eigenvalue weighted by Crippen LogP contribution is -2.22. The number of esters is 2. The number of anilines is 1. The molecule has 6 nitrogen and oxygen atoms in total. The third-order valence-electron chi connectivity index (χ3n) is 4.07. The number of hydrogen-bond acceptors (Lipinski definition) is 7. The fourth-order valence-electron chi connectivity index (χ4n) is 2.61. The van der Waals surface area contributed by atoms with Crippen molar-refractivity contribution in [2.24, 2.45) is 0 Å². The molecule has 0 saturated heterocycles. The maximum absolute atomic E-state index is 12.4. The van der Waals surface area contributed by atoms with Gasteiger partial charge in [0.05, 0.1) is 17.9 Å². The Bertz CT molecular complexity index is 1080. The number of amides is 1. The average Bonchev–Trinajstić information content (AvgIpc) is 3.22. The summed E-state index contributed by atoms with van der Waals surface area (Å²) in [5, 5.41) is 3.61. The minimum atomic E-state index is -0.540. The number of thioether (sulfide) groups is 1. The lowest BCUT2D eigenvalue weighted by Gasteiger charge is -2.07. The van der Waals surface area contributed by atoms with Crippen molar-refractivity contribution in [2.45, 2.75) is 11.8 Å². The molecule has 2 aromatic carbocycles. The normalized spacial score (nSPS) is 10.4. The zero-order valence-corrected chi connectivity index (χ0v) is 19.5. The Labute approximate surface area is 198 Å². The van der Waals surface area contributed by atoms with Gasteiger partial charge in [0.15, 0.2) is 6.61 Å². The number of rotatable bonds is 9. The van der Waals surface area contributed by atoms with Crippen molar-refractivity contribution in [3.05, 3.63) is 71.2 Å². The minimum Gasteiger partial charge on any atom is -0.462 e. The Morgan fingerprint density at radius 1 is 1.03 bits per heavy atom. The molecule has 0 saturated carbocycles. The molecule has 0 aliphatic rings. The lowest BCUT2D eigenvalue weighted by molar-refractivity contribution is -0.144. The van der Waals surface area contributed by atoms with Crippen molar-refractivity contribution in [3.63, 3.8) is 0 Å². The smallest absolute Gasteiger partial charge is 0.341 e. The summed E-state index contributed by atoms with van der Waals surface area (Å²) in [6, 6.07) is 18.2. The molecule has 1 heterocycles. The fraction of sp³-hybridized carbons (Fsp3) is 0.174. The van der Waals surface area contributed by atoms with Gasteiger partial charge in [-0.15, -0.1) is 23.1 Å². The largest absolute Gasteiger partial charge is 0.462 e. The van der Waals surface area contributed by atoms with Crippen LogP contribution in [-0.4, -0.2) is 36.8 Å². The second-order valence-corrected chi connectivity index (χ2v) is 8.93. The molecule has 0 unspecified atom stereocenters. The van der Waals surface area contributed by atoms with Gasteiger partial charge in [0, 0.05) is 14.8 Å². The number of hydrogen-bond donors (Lipinski definition) is 1. The van der Waals surface area contributed by atoms with Crippen LogP contribution in [0.15, 0.2) is 65.6 Å². The van der Waals surface area contributed by atoms with Gasteiger partial charge in [0.25, 0.3) is 5.91 Å². The second-order valence-electron chi connectivity index (χ2n) is 6.39. The Balaban J connectivity index is 1.59. The zero-order valence-electron chi connectivity index (χ0n) is 17.1. The van der Waals surface area contributed by atoms with E-state index in [9.17, 15) is 14.4 Å². The van der Waals surface area contributed by atoms with Gasteiger partial charge in [-0.05, 0) is 42.8 Å². The molecular weight excluding hydrogens is 470 g/mol. The van der Waals surface area contributed by atoms with E-state index in [-0.39, 0.29) is 17.9 Å². The van der Waals surface area contributed by atoms with E-state index in [4.69, 9.17) is 21.1 Å². The van der Waals surface area contributed by atoms with Crippen LogP contribution >= 0.6 is 34.7 Å². The fourth-order valence-corrected chi connectivity index (χ4v) is 4.50. The first-order valence-corrected chi connectivity index (χ1v) is 11.8. The molecule has 166 valence electrons. The molecule has 0 bridgehead atoms. The number of benzene rings is 2. The molecular formula is C23H20ClNO5S2. The van der Waals surface area contributed by atoms with Crippen LogP contribution < -0.4 is 5.32 Å². The van der Waals surface area contributed by atoms with Crippen LogP contribution in [0.1, 0.15) is 17.3 Å². The van der Waals surface area contributed by atoms with E-state index in [1.165, 1.54) is 23.1 Å². The average molecular weight is 490 g/mol. The van der Waals surface area contributed by atoms with Crippen LogP contribution in [0.25, 0.3) is 10.4 Å². The van der Waals surface area contributed by atoms with Crippen LogP contribution in [0.4, 0.5) is 5.00 Å². The molecule has 1 N–H and O–H groups in total. The van der Waals surface area contributed by atoms with Gasteiger partial charge in [0.1, 0.15) is 5.00 Å². The first-order chi connectivity index (χ1) is 15.5. The molecule has 3 aromatic rings. The van der Waals surface area contributed by atoms with E-state index in [0.29, 0.717) is 10.0 Å². The molecule has 0 spiro atoms. The molecule has 0 radical (unpaired) electrons. The van der Waals surface area contributed by atoms with E-state index in [1.54, 1.807) is 37.3 Å². The molecule has 0 atom stereocenters. The number of carbonyl (C=O) groups excluding carboxylic acids is 3. The van der Waals surface area contributed by atoms with Gasteiger partial charge < -0.3 is 14.8 Å². The molecule has 32 heavy (non-hydrogen) atoms. The second kappa shape index (κ2) is 11.7. The van der Waals surface area contributed by atoms with E-state index >= 15 is 0 Å². The van der Waals surface area contributed by atoms with Gasteiger partial charge >= 0.3 is 11.9 Å². The number of carbonyl (C=O) groups is 3. The van der Waals surface area contributed by atoms with Crippen LogP contribution in [0.2, 0.25) is 5.02 Å². The number of nitrogens with one attached hydrogen (secondary N) is 1. The van der Waals surface area contributed by atoms with Gasteiger partial charge in [-0.2, -0.15) is 0 Å². The standard InChI is InChI=1S/C23H20ClNO5S2/c1-2-29-23(28)18-12-19(15-6-4-3-5-7-15)32-22(18)25-20(26)13-30-21(27)14-31-17-10-8-16(24)9-11-17/h3-12H,2,13-14H2,1H3,(H,25,26). The predicted molar refractivity (Wildman–Crippen MR) is 127 cm³/mol. The Morgan fingerprint density at radius 2 is 1.75 bits per heavy atom. The van der Waals surface area contributed by atoms with Gasteiger partial charge in [-0.1, -0.05) is 41.9 Å². The van der Waals surface area contributed by atoms with Crippen molar-refractivity contribution in [1.29, 1.82) is 0 Å². The van der Waals surface area contributed by atoms with Crippen molar-refractivity contribution in [1.82, 2.24) is 0 Å². The first kappa shape index (κ1) is 23.8. The van der Waals surface area contributed by atoms with Gasteiger partial charge in [0.2, 0.25) is 0 Å². The highest BCUT2D eigenvalue weighted by atomic mass is 35.5. The number of halogens is 1. The Hall–Kier alpha value is -2.81. The number of thiophene rings is 1. The maximum Gasteiger partial charge on any atom is 0.341 e. The minimum absolute atomic E-state index is 0.0557.